The van der Waals surface area contributed by atoms with E-state index in [4.69, 9.17) is 23.9 Å². The summed E-state index contributed by atoms with van der Waals surface area (Å²) in [5.41, 5.74) is 3.02. The maximum atomic E-state index is 12.9. The fourth-order valence-corrected chi connectivity index (χ4v) is 4.10. The Morgan fingerprint density at radius 3 is 2.35 bits per heavy atom. The zero-order valence-corrected chi connectivity index (χ0v) is 24.3. The lowest BCUT2D eigenvalue weighted by atomic mass is 10.0. The summed E-state index contributed by atoms with van der Waals surface area (Å²) in [5, 5.41) is 8.28. The third kappa shape index (κ3) is 9.63. The van der Waals surface area contributed by atoms with Crippen molar-refractivity contribution in [1.82, 2.24) is 0 Å². The summed E-state index contributed by atoms with van der Waals surface area (Å²) < 4.78 is 54.5. The molecule has 0 spiro atoms. The van der Waals surface area contributed by atoms with Gasteiger partial charge in [-0.1, -0.05) is 52.8 Å². The molecule has 0 amide bonds. The SMILES string of the molecule is CO/C=C(/C(=O)OC)c1ccccc1CO/N=C(C)/C(=N\OC)c1ccc(OCCCc2cccc(C(F)(F)F)c2)cc1. The molecule has 0 N–H and O–H groups in total. The van der Waals surface area contributed by atoms with Crippen molar-refractivity contribution in [1.29, 1.82) is 0 Å². The van der Waals surface area contributed by atoms with Crippen molar-refractivity contribution in [2.24, 2.45) is 10.3 Å². The second-order valence-corrected chi connectivity index (χ2v) is 9.16. The van der Waals surface area contributed by atoms with Gasteiger partial charge in [0, 0.05) is 11.1 Å². The summed E-state index contributed by atoms with van der Waals surface area (Å²) >= 11 is 0. The van der Waals surface area contributed by atoms with E-state index in [1.807, 2.05) is 6.07 Å². The van der Waals surface area contributed by atoms with Crippen LogP contribution >= 0.6 is 0 Å². The summed E-state index contributed by atoms with van der Waals surface area (Å²) in [6.45, 7) is 2.10. The number of carbonyl (C=O) groups excluding carboxylic acids is 1. The van der Waals surface area contributed by atoms with E-state index in [0.29, 0.717) is 58.9 Å². The molecule has 228 valence electrons. The number of methoxy groups -OCH3 is 2. The van der Waals surface area contributed by atoms with E-state index in [9.17, 15) is 18.0 Å². The molecular formula is C32H33F3N2O6. The molecule has 3 rings (SSSR count). The van der Waals surface area contributed by atoms with Gasteiger partial charge in [-0.2, -0.15) is 13.2 Å². The normalized spacial score (nSPS) is 12.5. The highest BCUT2D eigenvalue weighted by molar-refractivity contribution is 6.47. The lowest BCUT2D eigenvalue weighted by molar-refractivity contribution is -0.137. The van der Waals surface area contributed by atoms with E-state index in [0.717, 1.165) is 12.1 Å². The topological polar surface area (TPSA) is 87.9 Å². The van der Waals surface area contributed by atoms with E-state index in [2.05, 4.69) is 10.3 Å². The lowest BCUT2D eigenvalue weighted by Gasteiger charge is -2.12. The Kier molecular flexibility index (Phi) is 12.2. The van der Waals surface area contributed by atoms with Crippen molar-refractivity contribution >= 4 is 23.0 Å². The highest BCUT2D eigenvalue weighted by atomic mass is 19.4. The Morgan fingerprint density at radius 2 is 1.67 bits per heavy atom. The molecule has 0 saturated heterocycles. The molecule has 3 aromatic carbocycles. The minimum Gasteiger partial charge on any atom is -0.503 e. The second kappa shape index (κ2) is 16.0. The van der Waals surface area contributed by atoms with Gasteiger partial charge in [0.2, 0.25) is 0 Å². The molecule has 0 radical (unpaired) electrons. The molecule has 0 aromatic heterocycles. The summed E-state index contributed by atoms with van der Waals surface area (Å²) in [6, 6.07) is 19.5. The van der Waals surface area contributed by atoms with E-state index >= 15 is 0 Å². The molecule has 0 aliphatic heterocycles. The molecular weight excluding hydrogens is 565 g/mol. The molecule has 11 heteroatoms. The van der Waals surface area contributed by atoms with Crippen LogP contribution in [0.1, 0.15) is 41.2 Å². The van der Waals surface area contributed by atoms with Crippen LogP contribution in [-0.2, 0) is 43.1 Å². The quantitative estimate of drug-likeness (QED) is 0.0506. The van der Waals surface area contributed by atoms with E-state index in [-0.39, 0.29) is 12.2 Å². The van der Waals surface area contributed by atoms with Crippen LogP contribution in [0, 0.1) is 0 Å². The number of oxime groups is 2. The number of alkyl halides is 3. The number of aryl methyl sites for hydroxylation is 1. The highest BCUT2D eigenvalue weighted by Crippen LogP contribution is 2.30. The number of esters is 1. The molecule has 0 heterocycles. The van der Waals surface area contributed by atoms with Gasteiger partial charge in [0.25, 0.3) is 0 Å². The monoisotopic (exact) mass is 598 g/mol. The first-order valence-corrected chi connectivity index (χ1v) is 13.2. The number of hydrogen-bond donors (Lipinski definition) is 0. The van der Waals surface area contributed by atoms with Crippen molar-refractivity contribution in [2.45, 2.75) is 32.5 Å². The molecule has 43 heavy (non-hydrogen) atoms. The summed E-state index contributed by atoms with van der Waals surface area (Å²) in [7, 11) is 4.15. The number of ether oxygens (including phenoxy) is 3. The summed E-state index contributed by atoms with van der Waals surface area (Å²) in [6.07, 6.45) is -2.04. The van der Waals surface area contributed by atoms with Crippen LogP contribution in [0.5, 0.6) is 5.75 Å². The van der Waals surface area contributed by atoms with Gasteiger partial charge in [0.05, 0.1) is 32.7 Å². The van der Waals surface area contributed by atoms with Crippen molar-refractivity contribution in [3.05, 3.63) is 107 Å². The average Bonchev–Trinajstić information content (AvgIpc) is 3.01. The van der Waals surface area contributed by atoms with Crippen molar-refractivity contribution in [3.63, 3.8) is 0 Å². The van der Waals surface area contributed by atoms with Gasteiger partial charge in [-0.05, 0) is 61.2 Å². The first-order chi connectivity index (χ1) is 20.7. The summed E-state index contributed by atoms with van der Waals surface area (Å²) in [5.74, 6) is 0.0455. The first kappa shape index (κ1) is 32.7. The van der Waals surface area contributed by atoms with Crippen LogP contribution in [0.4, 0.5) is 13.2 Å². The summed E-state index contributed by atoms with van der Waals surface area (Å²) in [4.78, 5) is 22.9. The van der Waals surface area contributed by atoms with Crippen molar-refractivity contribution < 1.29 is 41.9 Å². The van der Waals surface area contributed by atoms with E-state index < -0.39 is 17.7 Å². The predicted octanol–water partition coefficient (Wildman–Crippen LogP) is 6.82. The molecule has 0 aliphatic rings. The van der Waals surface area contributed by atoms with Crippen LogP contribution in [0.3, 0.4) is 0 Å². The number of benzene rings is 3. The maximum Gasteiger partial charge on any atom is 0.416 e. The van der Waals surface area contributed by atoms with Crippen LogP contribution in [0.2, 0.25) is 0 Å². The van der Waals surface area contributed by atoms with E-state index in [1.165, 1.54) is 33.7 Å². The van der Waals surface area contributed by atoms with Gasteiger partial charge < -0.3 is 23.9 Å². The number of nitrogens with zero attached hydrogens (tertiary/aromatic N) is 2. The Balaban J connectivity index is 1.61. The smallest absolute Gasteiger partial charge is 0.416 e. The zero-order chi connectivity index (χ0) is 31.2. The first-order valence-electron chi connectivity index (χ1n) is 13.2. The number of hydrogen-bond acceptors (Lipinski definition) is 8. The fraction of sp³-hybridized carbons (Fsp3) is 0.281. The molecule has 3 aromatic rings. The van der Waals surface area contributed by atoms with Gasteiger partial charge in [-0.3, -0.25) is 0 Å². The number of rotatable bonds is 14. The third-order valence-corrected chi connectivity index (χ3v) is 6.16. The van der Waals surface area contributed by atoms with Crippen molar-refractivity contribution in [2.75, 3.05) is 27.9 Å². The number of halogens is 3. The molecule has 0 atom stereocenters. The zero-order valence-electron chi connectivity index (χ0n) is 24.3. The van der Waals surface area contributed by atoms with Crippen LogP contribution < -0.4 is 4.74 Å². The molecule has 0 saturated carbocycles. The average molecular weight is 599 g/mol. The molecule has 0 unspecified atom stereocenters. The Bertz CT molecular complexity index is 1450. The molecule has 0 bridgehead atoms. The second-order valence-electron chi connectivity index (χ2n) is 9.16. The van der Waals surface area contributed by atoms with Gasteiger partial charge in [0.15, 0.2) is 0 Å². The standard InChI is InChI=1S/C32H33F3N2O6/c1-22(36-43-20-25-11-5-6-13-28(25)29(21-39-2)31(38)40-3)30(37-41-4)24-14-16-27(17-15-24)42-18-8-10-23-9-7-12-26(19-23)32(33,34)35/h5-7,9,11-17,19,21H,8,10,18,20H2,1-4H3/b29-21+,36-22+,37-30+. The van der Waals surface area contributed by atoms with Gasteiger partial charge in [-0.25, -0.2) is 4.79 Å². The van der Waals surface area contributed by atoms with Crippen LogP contribution in [0.15, 0.2) is 89.4 Å². The lowest BCUT2D eigenvalue weighted by Crippen LogP contribution is -2.14. The fourth-order valence-electron chi connectivity index (χ4n) is 4.10. The Morgan fingerprint density at radius 1 is 0.930 bits per heavy atom. The van der Waals surface area contributed by atoms with E-state index in [1.54, 1.807) is 55.5 Å². The van der Waals surface area contributed by atoms with Crippen LogP contribution in [0.25, 0.3) is 5.57 Å². The Labute approximate surface area is 248 Å². The van der Waals surface area contributed by atoms with Crippen molar-refractivity contribution in [3.8, 4) is 5.75 Å². The van der Waals surface area contributed by atoms with Crippen LogP contribution in [-0.4, -0.2) is 45.3 Å². The minimum atomic E-state index is -4.36. The molecule has 0 fully saturated rings. The predicted molar refractivity (Wildman–Crippen MR) is 157 cm³/mol. The molecule has 0 aliphatic carbocycles. The van der Waals surface area contributed by atoms with Gasteiger partial charge in [-0.15, -0.1) is 0 Å². The largest absolute Gasteiger partial charge is 0.503 e. The highest BCUT2D eigenvalue weighted by Gasteiger charge is 2.30. The minimum absolute atomic E-state index is 0.0547. The maximum absolute atomic E-state index is 12.9. The van der Waals surface area contributed by atoms with Gasteiger partial charge in [0.1, 0.15) is 36.5 Å². The molecule has 8 nitrogen and oxygen atoms in total. The third-order valence-electron chi connectivity index (χ3n) is 6.16. The number of carbonyl (C=O) groups is 1. The Hall–Kier alpha value is -4.80. The van der Waals surface area contributed by atoms with Gasteiger partial charge >= 0.3 is 12.1 Å².